The normalized spacial score (nSPS) is 11.7. The summed E-state index contributed by atoms with van der Waals surface area (Å²) in [6.07, 6.45) is 1.71. The topological polar surface area (TPSA) is 98.7 Å². The number of primary amides is 1. The van der Waals surface area contributed by atoms with Crippen LogP contribution in [0.15, 0.2) is 29.3 Å². The van der Waals surface area contributed by atoms with E-state index in [0.29, 0.717) is 12.2 Å². The Morgan fingerprint density at radius 2 is 2.04 bits per heavy atom. The summed E-state index contributed by atoms with van der Waals surface area (Å²) < 4.78 is 1.86. The van der Waals surface area contributed by atoms with Crippen molar-refractivity contribution in [2.45, 2.75) is 50.8 Å². The van der Waals surface area contributed by atoms with E-state index in [-0.39, 0.29) is 10.4 Å². The highest BCUT2D eigenvalue weighted by molar-refractivity contribution is 8.00. The third kappa shape index (κ3) is 4.05. The van der Waals surface area contributed by atoms with Gasteiger partial charge in [-0.3, -0.25) is 4.79 Å². The lowest BCUT2D eigenvalue weighted by molar-refractivity contribution is 0.0995. The summed E-state index contributed by atoms with van der Waals surface area (Å²) in [5.74, 6) is 0.141. The number of thioether (sulfide) groups is 1. The molecule has 1 amide bonds. The van der Waals surface area contributed by atoms with Crippen molar-refractivity contribution in [2.75, 3.05) is 5.32 Å². The molecule has 0 saturated heterocycles. The summed E-state index contributed by atoms with van der Waals surface area (Å²) in [5, 5.41) is 16.7. The number of fused-ring (bicyclic) bond motifs is 1. The van der Waals surface area contributed by atoms with Gasteiger partial charge in [0.05, 0.1) is 17.4 Å². The number of carbonyl (C=O) groups is 1. The Bertz CT molecular complexity index is 1010. The van der Waals surface area contributed by atoms with Gasteiger partial charge in [-0.05, 0) is 31.5 Å². The summed E-state index contributed by atoms with van der Waals surface area (Å²) >= 11 is 1.76. The highest BCUT2D eigenvalue weighted by Crippen LogP contribution is 2.37. The minimum absolute atomic E-state index is 0.0571. The third-order valence-corrected chi connectivity index (χ3v) is 5.04. The van der Waals surface area contributed by atoms with Crippen LogP contribution in [-0.4, -0.2) is 30.6 Å². The Balaban J connectivity index is 2.23. The Morgan fingerprint density at radius 3 is 2.67 bits per heavy atom. The maximum atomic E-state index is 12.0. The number of hydrogen-bond acceptors (Lipinski definition) is 6. The second-order valence-electron chi connectivity index (χ2n) is 7.30. The lowest BCUT2D eigenvalue weighted by atomic mass is 10.1. The van der Waals surface area contributed by atoms with Crippen molar-refractivity contribution >= 4 is 40.1 Å². The first kappa shape index (κ1) is 19.2. The van der Waals surface area contributed by atoms with Gasteiger partial charge in [0.1, 0.15) is 5.82 Å². The van der Waals surface area contributed by atoms with Gasteiger partial charge in [-0.1, -0.05) is 20.8 Å². The average molecular weight is 385 g/mol. The highest BCUT2D eigenvalue weighted by atomic mass is 32.2. The number of rotatable bonds is 5. The molecule has 0 unspecified atom stereocenters. The number of aryl methyl sites for hydroxylation is 2. The first-order valence-electron chi connectivity index (χ1n) is 8.78. The summed E-state index contributed by atoms with van der Waals surface area (Å²) in [4.78, 5) is 13.1. The number of benzene rings is 1. The van der Waals surface area contributed by atoms with Crippen molar-refractivity contribution in [3.05, 3.63) is 35.7 Å². The highest BCUT2D eigenvalue weighted by Gasteiger charge is 2.20. The molecule has 0 saturated carbocycles. The molecule has 1 aromatic carbocycles. The van der Waals surface area contributed by atoms with Gasteiger partial charge in [-0.25, -0.2) is 4.68 Å². The average Bonchev–Trinajstić information content (AvgIpc) is 3.01. The molecular weight excluding hydrogens is 360 g/mol. The van der Waals surface area contributed by atoms with Crippen molar-refractivity contribution in [3.63, 3.8) is 0 Å². The molecule has 3 aromatic rings. The van der Waals surface area contributed by atoms with E-state index in [9.17, 15) is 4.79 Å². The van der Waals surface area contributed by atoms with Crippen LogP contribution in [0.5, 0.6) is 0 Å². The van der Waals surface area contributed by atoms with E-state index >= 15 is 0 Å². The van der Waals surface area contributed by atoms with Gasteiger partial charge in [-0.15, -0.1) is 22.0 Å². The molecule has 142 valence electrons. The quantitative estimate of drug-likeness (QED) is 0.648. The van der Waals surface area contributed by atoms with Gasteiger partial charge < -0.3 is 11.1 Å². The summed E-state index contributed by atoms with van der Waals surface area (Å²) in [7, 11) is 0. The van der Waals surface area contributed by atoms with E-state index < -0.39 is 5.91 Å². The van der Waals surface area contributed by atoms with Gasteiger partial charge in [0, 0.05) is 27.6 Å². The number of carbonyl (C=O) groups excluding carboxylic acids is 1. The zero-order valence-corrected chi connectivity index (χ0v) is 17.0. The number of amides is 1. The standard InChI is InChI=1S/C19H24N6OS/c1-6-25-14(7-8-21-25)22-16-13-10-12(27-19(3,4)5)9-11(2)15(13)23-24-17(16)18(20)26/h7-10H,6H2,1-5H3,(H2,20,26)(H,22,23). The van der Waals surface area contributed by atoms with E-state index in [1.54, 1.807) is 22.6 Å². The number of aromatic nitrogens is 4. The number of nitrogens with two attached hydrogens (primary N) is 1. The predicted octanol–water partition coefficient (Wildman–Crippen LogP) is 3.89. The molecule has 8 heteroatoms. The smallest absolute Gasteiger partial charge is 0.271 e. The van der Waals surface area contributed by atoms with E-state index in [4.69, 9.17) is 5.73 Å². The fourth-order valence-corrected chi connectivity index (χ4v) is 4.00. The van der Waals surface area contributed by atoms with Crippen molar-refractivity contribution in [3.8, 4) is 0 Å². The molecule has 2 aromatic heterocycles. The van der Waals surface area contributed by atoms with E-state index in [1.165, 1.54) is 0 Å². The van der Waals surface area contributed by atoms with Crippen LogP contribution in [0.1, 0.15) is 43.7 Å². The molecule has 0 bridgehead atoms. The SMILES string of the molecule is CCn1nccc1Nc1c(C(N)=O)nnc2c(C)cc(SC(C)(C)C)cc12. The molecule has 0 radical (unpaired) electrons. The molecule has 0 aliphatic heterocycles. The minimum Gasteiger partial charge on any atom is -0.364 e. The molecular formula is C19H24N6OS. The Labute approximate surface area is 162 Å². The molecule has 2 heterocycles. The van der Waals surface area contributed by atoms with Gasteiger partial charge in [0.2, 0.25) is 0 Å². The third-order valence-electron chi connectivity index (χ3n) is 3.96. The zero-order chi connectivity index (χ0) is 19.8. The van der Waals surface area contributed by atoms with Crippen LogP contribution >= 0.6 is 11.8 Å². The minimum atomic E-state index is -0.624. The van der Waals surface area contributed by atoms with Crippen molar-refractivity contribution in [1.29, 1.82) is 0 Å². The largest absolute Gasteiger partial charge is 0.364 e. The Morgan fingerprint density at radius 1 is 1.30 bits per heavy atom. The monoisotopic (exact) mass is 384 g/mol. The maximum absolute atomic E-state index is 12.0. The van der Waals surface area contributed by atoms with Crippen LogP contribution < -0.4 is 11.1 Å². The molecule has 0 atom stereocenters. The number of anilines is 2. The van der Waals surface area contributed by atoms with Crippen LogP contribution in [0.25, 0.3) is 10.9 Å². The maximum Gasteiger partial charge on any atom is 0.271 e. The fourth-order valence-electron chi connectivity index (χ4n) is 2.88. The first-order chi connectivity index (χ1) is 12.7. The molecule has 0 spiro atoms. The molecule has 3 rings (SSSR count). The van der Waals surface area contributed by atoms with Crippen molar-refractivity contribution in [1.82, 2.24) is 20.0 Å². The number of nitrogens with zero attached hydrogens (tertiary/aromatic N) is 4. The van der Waals surface area contributed by atoms with Gasteiger partial charge in [0.25, 0.3) is 5.91 Å². The van der Waals surface area contributed by atoms with E-state index in [0.717, 1.165) is 27.2 Å². The second-order valence-corrected chi connectivity index (χ2v) is 9.20. The van der Waals surface area contributed by atoms with Gasteiger partial charge in [-0.2, -0.15) is 5.10 Å². The molecule has 27 heavy (non-hydrogen) atoms. The Hall–Kier alpha value is -2.61. The summed E-state index contributed by atoms with van der Waals surface area (Å²) in [5.41, 5.74) is 7.98. The van der Waals surface area contributed by atoms with Crippen LogP contribution in [-0.2, 0) is 6.54 Å². The summed E-state index contributed by atoms with van der Waals surface area (Å²) in [6, 6.07) is 5.98. The zero-order valence-electron chi connectivity index (χ0n) is 16.2. The second kappa shape index (κ2) is 7.19. The fraction of sp³-hybridized carbons (Fsp3) is 0.368. The molecule has 0 aliphatic carbocycles. The Kier molecular flexibility index (Phi) is 5.10. The van der Waals surface area contributed by atoms with Gasteiger partial charge >= 0.3 is 0 Å². The van der Waals surface area contributed by atoms with Crippen molar-refractivity contribution in [2.24, 2.45) is 5.73 Å². The lowest BCUT2D eigenvalue weighted by Gasteiger charge is -2.19. The molecule has 0 aliphatic rings. The molecule has 3 N–H and O–H groups in total. The number of nitrogens with one attached hydrogen (secondary N) is 1. The van der Waals surface area contributed by atoms with Gasteiger partial charge in [0.15, 0.2) is 5.69 Å². The van der Waals surface area contributed by atoms with Crippen LogP contribution in [0.4, 0.5) is 11.5 Å². The lowest BCUT2D eigenvalue weighted by Crippen LogP contribution is -2.17. The predicted molar refractivity (Wildman–Crippen MR) is 110 cm³/mol. The van der Waals surface area contributed by atoms with Crippen LogP contribution in [0.2, 0.25) is 0 Å². The van der Waals surface area contributed by atoms with Crippen LogP contribution in [0.3, 0.4) is 0 Å². The van der Waals surface area contributed by atoms with Crippen molar-refractivity contribution < 1.29 is 4.79 Å². The van der Waals surface area contributed by atoms with E-state index in [2.05, 4.69) is 47.5 Å². The molecule has 0 fully saturated rings. The molecule has 7 nitrogen and oxygen atoms in total. The van der Waals surface area contributed by atoms with E-state index in [1.807, 2.05) is 26.0 Å². The first-order valence-corrected chi connectivity index (χ1v) is 9.60. The summed E-state index contributed by atoms with van der Waals surface area (Å²) in [6.45, 7) is 11.2. The number of hydrogen-bond donors (Lipinski definition) is 2. The van der Waals surface area contributed by atoms with Crippen LogP contribution in [0, 0.1) is 6.92 Å².